The van der Waals surface area contributed by atoms with Gasteiger partial charge in [0.25, 0.3) is 0 Å². The minimum absolute atomic E-state index is 0.158. The largest absolute Gasteiger partial charge is 0.465 e. The summed E-state index contributed by atoms with van der Waals surface area (Å²) in [5, 5.41) is 0. The lowest BCUT2D eigenvalue weighted by Gasteiger charge is -2.17. The van der Waals surface area contributed by atoms with Crippen LogP contribution in [0, 0.1) is 11.3 Å². The Morgan fingerprint density at radius 1 is 1.69 bits per heavy atom. The molecule has 2 fully saturated rings. The number of rotatable bonds is 2. The van der Waals surface area contributed by atoms with Crippen molar-refractivity contribution in [3.8, 4) is 0 Å². The molecule has 2 aliphatic heterocycles. The van der Waals surface area contributed by atoms with Crippen LogP contribution in [0.25, 0.3) is 0 Å². The summed E-state index contributed by atoms with van der Waals surface area (Å²) >= 11 is 0. The highest BCUT2D eigenvalue weighted by molar-refractivity contribution is 5.66. The molecule has 0 aromatic rings. The van der Waals surface area contributed by atoms with E-state index in [1.54, 1.807) is 0 Å². The third kappa shape index (κ3) is 0.854. The van der Waals surface area contributed by atoms with Gasteiger partial charge in [-0.1, -0.05) is 12.2 Å². The van der Waals surface area contributed by atoms with Gasteiger partial charge in [-0.15, -0.1) is 0 Å². The van der Waals surface area contributed by atoms with Crippen LogP contribution in [-0.4, -0.2) is 24.8 Å². The number of carbonyl (C=O) groups excluding carboxylic acids is 1. The molecule has 0 aromatic carbocycles. The molecule has 0 spiro atoms. The molecule has 1 aliphatic carbocycles. The van der Waals surface area contributed by atoms with Crippen LogP contribution in [-0.2, 0) is 14.3 Å². The van der Waals surface area contributed by atoms with E-state index in [1.807, 2.05) is 0 Å². The Bertz CT molecular complexity index is 297. The zero-order valence-corrected chi connectivity index (χ0v) is 7.53. The lowest BCUT2D eigenvalue weighted by molar-refractivity contribution is -0.143. The van der Waals surface area contributed by atoms with Gasteiger partial charge in [0.1, 0.15) is 6.61 Å². The molecule has 0 N–H and O–H groups in total. The van der Waals surface area contributed by atoms with Crippen molar-refractivity contribution in [2.24, 2.45) is 11.3 Å². The first kappa shape index (κ1) is 7.56. The van der Waals surface area contributed by atoms with E-state index in [4.69, 9.17) is 9.47 Å². The zero-order valence-electron chi connectivity index (χ0n) is 7.53. The molecule has 3 aliphatic rings. The summed E-state index contributed by atoms with van der Waals surface area (Å²) in [7, 11) is 0. The number of carbonyl (C=O) groups is 1. The summed E-state index contributed by atoms with van der Waals surface area (Å²) in [6.45, 7) is 2.00. The molecule has 2 heterocycles. The first-order valence-electron chi connectivity index (χ1n) is 4.69. The van der Waals surface area contributed by atoms with Crippen molar-refractivity contribution in [2.75, 3.05) is 6.61 Å². The van der Waals surface area contributed by atoms with Crippen LogP contribution in [0.4, 0.5) is 0 Å². The van der Waals surface area contributed by atoms with Crippen molar-refractivity contribution in [3.05, 3.63) is 12.2 Å². The lowest BCUT2D eigenvalue weighted by Crippen LogP contribution is -2.24. The average molecular weight is 180 g/mol. The predicted octanol–water partition coefficient (Wildman–Crippen LogP) is 0.893. The third-order valence-electron chi connectivity index (χ3n) is 3.46. The Morgan fingerprint density at radius 3 is 3.15 bits per heavy atom. The fourth-order valence-electron chi connectivity index (χ4n) is 2.63. The molecule has 1 unspecified atom stereocenters. The number of esters is 1. The van der Waals surface area contributed by atoms with Gasteiger partial charge in [0.15, 0.2) is 0 Å². The fourth-order valence-corrected chi connectivity index (χ4v) is 2.63. The summed E-state index contributed by atoms with van der Waals surface area (Å²) in [6.07, 6.45) is 5.91. The molecule has 3 rings (SSSR count). The maximum Gasteiger partial charge on any atom is 0.302 e. The molecule has 13 heavy (non-hydrogen) atoms. The van der Waals surface area contributed by atoms with Crippen molar-refractivity contribution >= 4 is 5.97 Å². The van der Waals surface area contributed by atoms with Crippen molar-refractivity contribution in [1.29, 1.82) is 0 Å². The molecule has 70 valence electrons. The summed E-state index contributed by atoms with van der Waals surface area (Å²) in [6, 6.07) is 0. The summed E-state index contributed by atoms with van der Waals surface area (Å²) < 4.78 is 10.7. The number of fused-ring (bicyclic) bond motifs is 5. The Morgan fingerprint density at radius 2 is 2.54 bits per heavy atom. The van der Waals surface area contributed by atoms with Gasteiger partial charge in [-0.3, -0.25) is 4.79 Å². The van der Waals surface area contributed by atoms with E-state index in [0.717, 1.165) is 6.42 Å². The van der Waals surface area contributed by atoms with Crippen LogP contribution in [0.15, 0.2) is 12.2 Å². The molecule has 0 amide bonds. The van der Waals surface area contributed by atoms with Gasteiger partial charge < -0.3 is 9.47 Å². The number of hydrogen-bond donors (Lipinski definition) is 0. The van der Waals surface area contributed by atoms with Crippen LogP contribution in [0.3, 0.4) is 0 Å². The summed E-state index contributed by atoms with van der Waals surface area (Å²) in [4.78, 5) is 10.7. The van der Waals surface area contributed by atoms with Crippen LogP contribution < -0.4 is 0 Å². The minimum Gasteiger partial charge on any atom is -0.465 e. The molecule has 1 saturated carbocycles. The highest BCUT2D eigenvalue weighted by atomic mass is 16.5. The molecule has 2 bridgehead atoms. The SMILES string of the molecule is CC(=O)OC[C@@]12CC1[C@H]1C=C[C@@H]2O1. The normalized spacial score (nSPS) is 49.2. The third-order valence-corrected chi connectivity index (χ3v) is 3.46. The van der Waals surface area contributed by atoms with Crippen molar-refractivity contribution in [1.82, 2.24) is 0 Å². The first-order chi connectivity index (χ1) is 6.22. The monoisotopic (exact) mass is 180 g/mol. The van der Waals surface area contributed by atoms with E-state index in [-0.39, 0.29) is 17.5 Å². The zero-order chi connectivity index (χ0) is 9.05. The van der Waals surface area contributed by atoms with E-state index in [2.05, 4.69) is 12.2 Å². The van der Waals surface area contributed by atoms with Gasteiger partial charge in [0, 0.05) is 18.3 Å². The maximum absolute atomic E-state index is 10.7. The quantitative estimate of drug-likeness (QED) is 0.467. The van der Waals surface area contributed by atoms with Crippen molar-refractivity contribution < 1.29 is 14.3 Å². The van der Waals surface area contributed by atoms with E-state index < -0.39 is 0 Å². The molecule has 3 heteroatoms. The van der Waals surface area contributed by atoms with Gasteiger partial charge in [-0.05, 0) is 6.42 Å². The number of ether oxygens (including phenoxy) is 2. The highest BCUT2D eigenvalue weighted by Crippen LogP contribution is 2.66. The van der Waals surface area contributed by atoms with Gasteiger partial charge >= 0.3 is 5.97 Å². The lowest BCUT2D eigenvalue weighted by atomic mass is 9.94. The van der Waals surface area contributed by atoms with Gasteiger partial charge in [0.2, 0.25) is 0 Å². The molecule has 0 radical (unpaired) electrons. The highest BCUT2D eigenvalue weighted by Gasteiger charge is 2.69. The van der Waals surface area contributed by atoms with E-state index >= 15 is 0 Å². The van der Waals surface area contributed by atoms with Crippen LogP contribution in [0.5, 0.6) is 0 Å². The second-order valence-corrected chi connectivity index (χ2v) is 4.23. The van der Waals surface area contributed by atoms with E-state index in [0.29, 0.717) is 18.6 Å². The van der Waals surface area contributed by atoms with Crippen LogP contribution in [0.2, 0.25) is 0 Å². The molecular weight excluding hydrogens is 168 g/mol. The Labute approximate surface area is 76.7 Å². The summed E-state index contributed by atoms with van der Waals surface area (Å²) in [5.74, 6) is 0.425. The molecule has 4 atom stereocenters. The van der Waals surface area contributed by atoms with E-state index in [9.17, 15) is 4.79 Å². The smallest absolute Gasteiger partial charge is 0.302 e. The fraction of sp³-hybridized carbons (Fsp3) is 0.700. The van der Waals surface area contributed by atoms with Gasteiger partial charge in [0.05, 0.1) is 12.2 Å². The Hall–Kier alpha value is -0.830. The predicted molar refractivity (Wildman–Crippen MR) is 45.0 cm³/mol. The Balaban J connectivity index is 1.72. The molecular formula is C10H12O3. The minimum atomic E-state index is -0.188. The second-order valence-electron chi connectivity index (χ2n) is 4.23. The van der Waals surface area contributed by atoms with Gasteiger partial charge in [-0.25, -0.2) is 0 Å². The maximum atomic E-state index is 10.7. The van der Waals surface area contributed by atoms with E-state index in [1.165, 1.54) is 6.92 Å². The Kier molecular flexibility index (Phi) is 1.25. The standard InChI is InChI=1S/C10H12O3/c1-6(11)12-5-10-4-7(10)8-2-3-9(10)13-8/h2-3,7-9H,4-5H2,1H3/t7?,8-,9+,10+/m1/s1. The van der Waals surface area contributed by atoms with Crippen molar-refractivity contribution in [3.63, 3.8) is 0 Å². The summed E-state index contributed by atoms with van der Waals surface area (Å²) in [5.41, 5.74) is 0.158. The van der Waals surface area contributed by atoms with Crippen LogP contribution >= 0.6 is 0 Å². The topological polar surface area (TPSA) is 35.5 Å². The first-order valence-corrected chi connectivity index (χ1v) is 4.69. The molecule has 0 aromatic heterocycles. The number of hydrogen-bond acceptors (Lipinski definition) is 3. The average Bonchev–Trinajstić information content (AvgIpc) is 2.56. The second kappa shape index (κ2) is 2.15. The van der Waals surface area contributed by atoms with Crippen molar-refractivity contribution in [2.45, 2.75) is 25.6 Å². The molecule has 3 nitrogen and oxygen atoms in total. The van der Waals surface area contributed by atoms with Gasteiger partial charge in [-0.2, -0.15) is 0 Å². The molecule has 1 saturated heterocycles. The van der Waals surface area contributed by atoms with Crippen LogP contribution in [0.1, 0.15) is 13.3 Å².